The normalized spacial score (nSPS) is 15.7. The Morgan fingerprint density at radius 1 is 0.963 bits per heavy atom. The standard InChI is InChI=1S/C23H29O3Si/c1-16(11-7-5-4-6-10-14-27)23(2,3)20-19(15-24)21(25)17-12-8-9-13-18(17)22(20)26/h8-9,12-13,15-16H,4-7,10-11,14H2,1-3H3. The van der Waals surface area contributed by atoms with Gasteiger partial charge in [0.05, 0.1) is 5.57 Å². The largest absolute Gasteiger partial charge is 0.298 e. The number of ketones is 2. The molecule has 2 rings (SSSR count). The number of carbonyl (C=O) groups excluding carboxylic acids is 3. The Hall–Kier alpha value is -1.81. The minimum absolute atomic E-state index is 0.0349. The summed E-state index contributed by atoms with van der Waals surface area (Å²) in [6, 6.07) is 7.84. The van der Waals surface area contributed by atoms with Crippen molar-refractivity contribution in [3.8, 4) is 0 Å². The summed E-state index contributed by atoms with van der Waals surface area (Å²) in [5.41, 5.74) is 0.633. The summed E-state index contributed by atoms with van der Waals surface area (Å²) in [5, 5.41) is 0. The molecule has 0 heterocycles. The molecule has 3 nitrogen and oxygen atoms in total. The van der Waals surface area contributed by atoms with Crippen molar-refractivity contribution in [2.75, 3.05) is 0 Å². The van der Waals surface area contributed by atoms with Crippen LogP contribution in [0.15, 0.2) is 35.4 Å². The Morgan fingerprint density at radius 2 is 1.52 bits per heavy atom. The molecule has 0 fully saturated rings. The zero-order chi connectivity index (χ0) is 20.0. The van der Waals surface area contributed by atoms with Gasteiger partial charge in [0.15, 0.2) is 17.9 Å². The molecule has 0 saturated heterocycles. The molecule has 0 bridgehead atoms. The highest BCUT2D eigenvalue weighted by molar-refractivity contribution is 6.33. The monoisotopic (exact) mass is 381 g/mol. The van der Waals surface area contributed by atoms with Crippen LogP contribution in [-0.2, 0) is 4.79 Å². The molecule has 1 aromatic carbocycles. The Bertz CT molecular complexity index is 746. The van der Waals surface area contributed by atoms with E-state index in [0.717, 1.165) is 18.9 Å². The highest BCUT2D eigenvalue weighted by Crippen LogP contribution is 2.43. The number of fused-ring (bicyclic) bond motifs is 1. The molecule has 0 amide bonds. The first-order valence-electron chi connectivity index (χ1n) is 9.89. The fourth-order valence-electron chi connectivity index (χ4n) is 3.86. The molecule has 1 aromatic rings. The van der Waals surface area contributed by atoms with Crippen molar-refractivity contribution in [2.24, 2.45) is 11.3 Å². The number of hydrogen-bond acceptors (Lipinski definition) is 3. The number of unbranched alkanes of at least 4 members (excludes halogenated alkanes) is 4. The molecule has 1 unspecified atom stereocenters. The first kappa shape index (κ1) is 21.5. The Morgan fingerprint density at radius 3 is 2.11 bits per heavy atom. The third kappa shape index (κ3) is 4.54. The van der Waals surface area contributed by atoms with Gasteiger partial charge in [0.25, 0.3) is 0 Å². The summed E-state index contributed by atoms with van der Waals surface area (Å²) in [6.45, 7) is 6.09. The van der Waals surface area contributed by atoms with Crippen LogP contribution in [0, 0.1) is 11.3 Å². The predicted molar refractivity (Wildman–Crippen MR) is 109 cm³/mol. The van der Waals surface area contributed by atoms with Gasteiger partial charge in [-0.25, -0.2) is 0 Å². The van der Waals surface area contributed by atoms with E-state index in [1.54, 1.807) is 24.3 Å². The smallest absolute Gasteiger partial charge is 0.197 e. The second-order valence-electron chi connectivity index (χ2n) is 8.04. The number of allylic oxidation sites excluding steroid dienone is 2. The lowest BCUT2D eigenvalue weighted by atomic mass is 9.65. The molecule has 0 saturated carbocycles. The average molecular weight is 382 g/mol. The molecular weight excluding hydrogens is 352 g/mol. The molecule has 1 atom stereocenters. The van der Waals surface area contributed by atoms with Crippen LogP contribution in [0.4, 0.5) is 0 Å². The maximum absolute atomic E-state index is 13.2. The number of carbonyl (C=O) groups is 3. The average Bonchev–Trinajstić information content (AvgIpc) is 2.66. The maximum atomic E-state index is 13.2. The van der Waals surface area contributed by atoms with Gasteiger partial charge in [0.1, 0.15) is 0 Å². The fraction of sp³-hybridized carbons (Fsp3) is 0.522. The Kier molecular flexibility index (Phi) is 7.48. The van der Waals surface area contributed by atoms with Gasteiger partial charge in [-0.1, -0.05) is 83.2 Å². The summed E-state index contributed by atoms with van der Waals surface area (Å²) in [5.74, 6) is -0.313. The van der Waals surface area contributed by atoms with E-state index >= 15 is 0 Å². The van der Waals surface area contributed by atoms with E-state index in [4.69, 9.17) is 0 Å². The van der Waals surface area contributed by atoms with Crippen LogP contribution in [0.3, 0.4) is 0 Å². The SMILES string of the molecule is CC(CCCCCCC[Si])C(C)(C)C1=C(C=O)C(=O)c2ccccc2C1=O. The second-order valence-corrected chi connectivity index (χ2v) is 8.54. The minimum atomic E-state index is -0.536. The van der Waals surface area contributed by atoms with Crippen molar-refractivity contribution in [1.29, 1.82) is 0 Å². The van der Waals surface area contributed by atoms with Gasteiger partial charge in [0.2, 0.25) is 0 Å². The summed E-state index contributed by atoms with van der Waals surface area (Å²) in [7, 11) is 3.50. The number of Topliss-reactive ketones (excluding diaryl/α,β-unsaturated/α-hetero) is 2. The third-order valence-corrected chi connectivity index (χ3v) is 6.32. The van der Waals surface area contributed by atoms with Gasteiger partial charge in [0, 0.05) is 26.9 Å². The zero-order valence-electron chi connectivity index (χ0n) is 16.6. The first-order chi connectivity index (χ1) is 12.9. The maximum Gasteiger partial charge on any atom is 0.197 e. The van der Waals surface area contributed by atoms with Crippen molar-refractivity contribution < 1.29 is 14.4 Å². The van der Waals surface area contributed by atoms with Crippen LogP contribution in [0.2, 0.25) is 6.04 Å². The summed E-state index contributed by atoms with van der Waals surface area (Å²) < 4.78 is 0. The molecule has 0 aromatic heterocycles. The van der Waals surface area contributed by atoms with Crippen LogP contribution in [0.5, 0.6) is 0 Å². The molecular formula is C23H29O3Si. The number of rotatable bonds is 10. The topological polar surface area (TPSA) is 51.2 Å². The zero-order valence-corrected chi connectivity index (χ0v) is 17.6. The lowest BCUT2D eigenvalue weighted by molar-refractivity contribution is -0.104. The third-order valence-electron chi connectivity index (χ3n) is 5.97. The second kappa shape index (κ2) is 9.40. The molecule has 3 radical (unpaired) electrons. The van der Waals surface area contributed by atoms with Gasteiger partial charge in [-0.3, -0.25) is 14.4 Å². The molecule has 27 heavy (non-hydrogen) atoms. The summed E-state index contributed by atoms with van der Waals surface area (Å²) in [4.78, 5) is 37.7. The van der Waals surface area contributed by atoms with E-state index in [2.05, 4.69) is 17.2 Å². The fourth-order valence-corrected chi connectivity index (χ4v) is 4.11. The highest BCUT2D eigenvalue weighted by Gasteiger charge is 2.41. The van der Waals surface area contributed by atoms with Crippen molar-refractivity contribution >= 4 is 28.1 Å². The van der Waals surface area contributed by atoms with E-state index in [-0.39, 0.29) is 23.1 Å². The molecule has 0 spiro atoms. The summed E-state index contributed by atoms with van der Waals surface area (Å²) >= 11 is 0. The van der Waals surface area contributed by atoms with Crippen LogP contribution in [0.25, 0.3) is 0 Å². The number of hydrogen-bond donors (Lipinski definition) is 0. The highest BCUT2D eigenvalue weighted by atomic mass is 28.1. The van der Waals surface area contributed by atoms with E-state index < -0.39 is 5.41 Å². The van der Waals surface area contributed by atoms with Gasteiger partial charge in [-0.05, 0) is 17.8 Å². The first-order valence-corrected chi connectivity index (χ1v) is 10.6. The van der Waals surface area contributed by atoms with Crippen LogP contribution >= 0.6 is 0 Å². The molecule has 1 aliphatic rings. The Balaban J connectivity index is 2.21. The molecule has 4 heteroatoms. The van der Waals surface area contributed by atoms with Crippen molar-refractivity contribution in [2.45, 2.75) is 65.3 Å². The van der Waals surface area contributed by atoms with E-state index in [9.17, 15) is 14.4 Å². The van der Waals surface area contributed by atoms with Crippen LogP contribution in [0.1, 0.15) is 80.0 Å². The van der Waals surface area contributed by atoms with Crippen LogP contribution < -0.4 is 0 Å². The van der Waals surface area contributed by atoms with E-state index in [1.807, 2.05) is 13.8 Å². The van der Waals surface area contributed by atoms with Gasteiger partial charge in [-0.2, -0.15) is 0 Å². The summed E-state index contributed by atoms with van der Waals surface area (Å²) in [6.07, 6.45) is 7.44. The lowest BCUT2D eigenvalue weighted by Gasteiger charge is -2.36. The molecule has 1 aliphatic carbocycles. The van der Waals surface area contributed by atoms with Crippen molar-refractivity contribution in [3.05, 3.63) is 46.5 Å². The Labute approximate surface area is 166 Å². The van der Waals surface area contributed by atoms with Crippen molar-refractivity contribution in [1.82, 2.24) is 0 Å². The number of aldehydes is 1. The molecule has 0 aliphatic heterocycles. The van der Waals surface area contributed by atoms with E-state index in [1.165, 1.54) is 25.7 Å². The molecule has 143 valence electrons. The lowest BCUT2D eigenvalue weighted by Crippen LogP contribution is -2.35. The number of benzene rings is 1. The molecule has 0 N–H and O–H groups in total. The van der Waals surface area contributed by atoms with Crippen LogP contribution in [-0.4, -0.2) is 28.1 Å². The van der Waals surface area contributed by atoms with Gasteiger partial charge >= 0.3 is 0 Å². The van der Waals surface area contributed by atoms with Gasteiger partial charge in [-0.15, -0.1) is 0 Å². The van der Waals surface area contributed by atoms with Crippen molar-refractivity contribution in [3.63, 3.8) is 0 Å². The minimum Gasteiger partial charge on any atom is -0.298 e. The quantitative estimate of drug-likeness (QED) is 0.244. The van der Waals surface area contributed by atoms with Gasteiger partial charge < -0.3 is 0 Å². The predicted octanol–water partition coefficient (Wildman–Crippen LogP) is 5.15. The van der Waals surface area contributed by atoms with E-state index in [0.29, 0.717) is 23.0 Å².